The van der Waals surface area contributed by atoms with Gasteiger partial charge in [0.15, 0.2) is 5.13 Å². The third-order valence-electron chi connectivity index (χ3n) is 2.00. The molecular formula is C10H10BrN3S. The van der Waals surface area contributed by atoms with Crippen molar-refractivity contribution in [1.29, 1.82) is 0 Å². The van der Waals surface area contributed by atoms with Crippen LogP contribution in [0.25, 0.3) is 0 Å². The van der Waals surface area contributed by atoms with E-state index >= 15 is 0 Å². The van der Waals surface area contributed by atoms with E-state index < -0.39 is 0 Å². The zero-order valence-electron chi connectivity index (χ0n) is 8.14. The SMILES string of the molecule is CC(Nc1nc(Br)cs1)c1cccnc1. The van der Waals surface area contributed by atoms with E-state index in [9.17, 15) is 0 Å². The van der Waals surface area contributed by atoms with E-state index in [1.165, 1.54) is 0 Å². The van der Waals surface area contributed by atoms with Gasteiger partial charge in [-0.15, -0.1) is 11.3 Å². The van der Waals surface area contributed by atoms with Crippen LogP contribution in [0.3, 0.4) is 0 Å². The molecule has 0 aliphatic carbocycles. The average molecular weight is 284 g/mol. The molecule has 0 aliphatic rings. The molecule has 2 aromatic heterocycles. The Morgan fingerprint density at radius 2 is 2.40 bits per heavy atom. The number of thiazole rings is 1. The average Bonchev–Trinajstić information content (AvgIpc) is 2.65. The lowest BCUT2D eigenvalue weighted by Gasteiger charge is -2.12. The number of hydrogen-bond acceptors (Lipinski definition) is 4. The number of pyridine rings is 1. The van der Waals surface area contributed by atoms with Crippen molar-refractivity contribution in [2.24, 2.45) is 0 Å². The first-order valence-electron chi connectivity index (χ1n) is 4.53. The molecule has 0 radical (unpaired) electrons. The Hall–Kier alpha value is -0.940. The molecule has 78 valence electrons. The molecule has 0 spiro atoms. The Balaban J connectivity index is 2.07. The highest BCUT2D eigenvalue weighted by Gasteiger charge is 2.07. The van der Waals surface area contributed by atoms with Gasteiger partial charge >= 0.3 is 0 Å². The second-order valence-corrected chi connectivity index (χ2v) is 4.80. The normalized spacial score (nSPS) is 12.4. The summed E-state index contributed by atoms with van der Waals surface area (Å²) in [5, 5.41) is 6.19. The van der Waals surface area contributed by atoms with E-state index in [2.05, 4.69) is 38.1 Å². The van der Waals surface area contributed by atoms with Crippen LogP contribution in [0.2, 0.25) is 0 Å². The maximum absolute atomic E-state index is 4.28. The van der Waals surface area contributed by atoms with Crippen LogP contribution in [-0.4, -0.2) is 9.97 Å². The summed E-state index contributed by atoms with van der Waals surface area (Å²) >= 11 is 4.91. The number of aromatic nitrogens is 2. The highest BCUT2D eigenvalue weighted by Crippen LogP contribution is 2.23. The molecule has 0 bridgehead atoms. The summed E-state index contributed by atoms with van der Waals surface area (Å²) < 4.78 is 0.869. The third kappa shape index (κ3) is 2.76. The molecule has 1 atom stereocenters. The lowest BCUT2D eigenvalue weighted by atomic mass is 10.1. The third-order valence-corrected chi connectivity index (χ3v) is 3.48. The minimum Gasteiger partial charge on any atom is -0.355 e. The smallest absolute Gasteiger partial charge is 0.184 e. The van der Waals surface area contributed by atoms with Gasteiger partial charge in [0, 0.05) is 17.8 Å². The fourth-order valence-corrected chi connectivity index (χ4v) is 2.45. The molecule has 1 unspecified atom stereocenters. The van der Waals surface area contributed by atoms with Crippen molar-refractivity contribution in [2.45, 2.75) is 13.0 Å². The minimum absolute atomic E-state index is 0.219. The standard InChI is InChI=1S/C10H10BrN3S/c1-7(8-3-2-4-12-5-8)13-10-14-9(11)6-15-10/h2-7H,1H3,(H,13,14). The van der Waals surface area contributed by atoms with Crippen LogP contribution in [-0.2, 0) is 0 Å². The van der Waals surface area contributed by atoms with Crippen LogP contribution >= 0.6 is 27.3 Å². The number of nitrogens with one attached hydrogen (secondary N) is 1. The Kier molecular flexibility index (Phi) is 3.33. The maximum Gasteiger partial charge on any atom is 0.184 e. The molecule has 1 N–H and O–H groups in total. The van der Waals surface area contributed by atoms with Crippen molar-refractivity contribution >= 4 is 32.4 Å². The molecule has 15 heavy (non-hydrogen) atoms. The summed E-state index contributed by atoms with van der Waals surface area (Å²) in [6.07, 6.45) is 3.64. The maximum atomic E-state index is 4.28. The highest BCUT2D eigenvalue weighted by atomic mass is 79.9. The number of rotatable bonds is 3. The van der Waals surface area contributed by atoms with Crippen molar-refractivity contribution in [3.05, 3.63) is 40.1 Å². The van der Waals surface area contributed by atoms with Gasteiger partial charge in [0.2, 0.25) is 0 Å². The first kappa shape index (κ1) is 10.6. The molecule has 2 heterocycles. The second kappa shape index (κ2) is 4.72. The molecule has 0 amide bonds. The van der Waals surface area contributed by atoms with Crippen LogP contribution in [0, 0.1) is 0 Å². The molecule has 2 rings (SSSR count). The van der Waals surface area contributed by atoms with Crippen molar-refractivity contribution in [2.75, 3.05) is 5.32 Å². The van der Waals surface area contributed by atoms with E-state index in [1.807, 2.05) is 23.7 Å². The zero-order chi connectivity index (χ0) is 10.7. The summed E-state index contributed by atoms with van der Waals surface area (Å²) in [7, 11) is 0. The summed E-state index contributed by atoms with van der Waals surface area (Å²) in [4.78, 5) is 8.37. The predicted molar refractivity (Wildman–Crippen MR) is 66.1 cm³/mol. The first-order chi connectivity index (χ1) is 7.25. The topological polar surface area (TPSA) is 37.8 Å². The Morgan fingerprint density at radius 1 is 1.53 bits per heavy atom. The minimum atomic E-state index is 0.219. The number of nitrogens with zero attached hydrogens (tertiary/aromatic N) is 2. The molecule has 0 saturated heterocycles. The van der Waals surface area contributed by atoms with Gasteiger partial charge in [0.1, 0.15) is 4.60 Å². The van der Waals surface area contributed by atoms with Gasteiger partial charge in [0.05, 0.1) is 6.04 Å². The van der Waals surface area contributed by atoms with Crippen molar-refractivity contribution < 1.29 is 0 Å². The van der Waals surface area contributed by atoms with Crippen LogP contribution in [0.5, 0.6) is 0 Å². The van der Waals surface area contributed by atoms with E-state index in [0.29, 0.717) is 0 Å². The molecule has 0 fully saturated rings. The van der Waals surface area contributed by atoms with Crippen LogP contribution < -0.4 is 5.32 Å². The van der Waals surface area contributed by atoms with Gasteiger partial charge < -0.3 is 5.32 Å². The summed E-state index contributed by atoms with van der Waals surface area (Å²) in [6, 6.07) is 4.20. The van der Waals surface area contributed by atoms with Gasteiger partial charge in [-0.2, -0.15) is 0 Å². The number of anilines is 1. The Bertz CT molecular complexity index is 429. The van der Waals surface area contributed by atoms with Gasteiger partial charge in [-0.3, -0.25) is 4.98 Å². The van der Waals surface area contributed by atoms with Crippen molar-refractivity contribution in [1.82, 2.24) is 9.97 Å². The van der Waals surface area contributed by atoms with E-state index in [0.717, 1.165) is 15.3 Å². The van der Waals surface area contributed by atoms with Crippen molar-refractivity contribution in [3.63, 3.8) is 0 Å². The van der Waals surface area contributed by atoms with Crippen molar-refractivity contribution in [3.8, 4) is 0 Å². The molecule has 0 saturated carbocycles. The largest absolute Gasteiger partial charge is 0.355 e. The number of hydrogen-bond donors (Lipinski definition) is 1. The fraction of sp³-hybridized carbons (Fsp3) is 0.200. The van der Waals surface area contributed by atoms with Gasteiger partial charge in [-0.25, -0.2) is 4.98 Å². The first-order valence-corrected chi connectivity index (χ1v) is 6.20. The van der Waals surface area contributed by atoms with Crippen LogP contribution in [0.4, 0.5) is 5.13 Å². The van der Waals surface area contributed by atoms with Crippen LogP contribution in [0.1, 0.15) is 18.5 Å². The highest BCUT2D eigenvalue weighted by molar-refractivity contribution is 9.10. The van der Waals surface area contributed by atoms with Gasteiger partial charge in [0.25, 0.3) is 0 Å². The van der Waals surface area contributed by atoms with E-state index in [-0.39, 0.29) is 6.04 Å². The molecule has 2 aromatic rings. The second-order valence-electron chi connectivity index (χ2n) is 3.13. The molecule has 5 heteroatoms. The molecule has 0 aliphatic heterocycles. The summed E-state index contributed by atoms with van der Waals surface area (Å²) in [6.45, 7) is 2.09. The van der Waals surface area contributed by atoms with E-state index in [1.54, 1.807) is 17.5 Å². The quantitative estimate of drug-likeness (QED) is 0.937. The fourth-order valence-electron chi connectivity index (χ4n) is 1.22. The predicted octanol–water partition coefficient (Wildman–Crippen LogP) is 3.47. The summed E-state index contributed by atoms with van der Waals surface area (Å²) in [5.74, 6) is 0. The lowest BCUT2D eigenvalue weighted by Crippen LogP contribution is -2.06. The zero-order valence-corrected chi connectivity index (χ0v) is 10.5. The Labute approximate surface area is 101 Å². The van der Waals surface area contributed by atoms with Gasteiger partial charge in [-0.1, -0.05) is 6.07 Å². The Morgan fingerprint density at radius 3 is 3.00 bits per heavy atom. The van der Waals surface area contributed by atoms with Gasteiger partial charge in [-0.05, 0) is 34.5 Å². The monoisotopic (exact) mass is 283 g/mol. The van der Waals surface area contributed by atoms with Crippen LogP contribution in [0.15, 0.2) is 34.5 Å². The number of halogens is 1. The lowest BCUT2D eigenvalue weighted by molar-refractivity contribution is 0.872. The molecule has 3 nitrogen and oxygen atoms in total. The molecular weight excluding hydrogens is 274 g/mol. The molecule has 0 aromatic carbocycles. The summed E-state index contributed by atoms with van der Waals surface area (Å²) in [5.41, 5.74) is 1.16. The van der Waals surface area contributed by atoms with E-state index in [4.69, 9.17) is 0 Å².